The van der Waals surface area contributed by atoms with E-state index in [1.54, 1.807) is 0 Å². The Kier molecular flexibility index (Phi) is 28.5. The van der Waals surface area contributed by atoms with Gasteiger partial charge >= 0.3 is 5.97 Å². The van der Waals surface area contributed by atoms with Crippen LogP contribution < -0.4 is 70.4 Å². The van der Waals surface area contributed by atoms with Crippen molar-refractivity contribution in [2.24, 2.45) is 22.2 Å². The van der Waals surface area contributed by atoms with Crippen LogP contribution in [0.1, 0.15) is 58.3 Å². The first-order chi connectivity index (χ1) is 28.4. The molecule has 18 N–H and O–H groups in total. The van der Waals surface area contributed by atoms with Crippen LogP contribution in [-0.4, -0.2) is 165 Å². The maximum absolute atomic E-state index is 13.1. The van der Waals surface area contributed by atoms with Gasteiger partial charge in [-0.25, -0.2) is 0 Å². The van der Waals surface area contributed by atoms with E-state index in [1.165, 1.54) is 14.0 Å². The Hall–Kier alpha value is -6.15. The maximum Gasteiger partial charge on any atom is 0.322 e. The van der Waals surface area contributed by atoms with Gasteiger partial charge in [-0.15, -0.1) is 0 Å². The molecule has 0 unspecified atom stereocenters. The molecule has 9 amide bonds. The molecule has 0 aromatic rings. The number of guanidine groups is 1. The van der Waals surface area contributed by atoms with Gasteiger partial charge in [0.1, 0.15) is 30.7 Å². The average Bonchev–Trinajstić information content (AvgIpc) is 3.21. The van der Waals surface area contributed by atoms with Gasteiger partial charge in [-0.1, -0.05) is 0 Å². The van der Waals surface area contributed by atoms with Gasteiger partial charge in [0.15, 0.2) is 5.96 Å². The number of carboxylic acids is 1. The van der Waals surface area contributed by atoms with Crippen molar-refractivity contribution in [2.75, 3.05) is 66.0 Å². The van der Waals surface area contributed by atoms with Gasteiger partial charge in [0.05, 0.1) is 32.8 Å². The van der Waals surface area contributed by atoms with Crippen LogP contribution >= 0.6 is 0 Å². The number of aliphatic imine (C=N–C) groups is 1. The molecule has 0 heterocycles. The average molecular weight is 859 g/mol. The number of unbranched alkanes of at least 4 members (excludes halogenated alkanes) is 2. The van der Waals surface area contributed by atoms with Crippen LogP contribution in [0.15, 0.2) is 4.99 Å². The third-order valence-corrected chi connectivity index (χ3v) is 8.08. The highest BCUT2D eigenvalue weighted by Crippen LogP contribution is 2.03. The predicted molar refractivity (Wildman–Crippen MR) is 214 cm³/mol. The molecule has 26 nitrogen and oxygen atoms in total. The second kappa shape index (κ2) is 31.8. The Bertz CT molecular complexity index is 1480. The van der Waals surface area contributed by atoms with E-state index in [1.807, 2.05) is 0 Å². The van der Waals surface area contributed by atoms with Crippen molar-refractivity contribution in [3.8, 4) is 0 Å². The predicted octanol–water partition coefficient (Wildman–Crippen LogP) is -7.82. The summed E-state index contributed by atoms with van der Waals surface area (Å²) < 4.78 is 0. The second-order valence-electron chi connectivity index (χ2n) is 13.1. The summed E-state index contributed by atoms with van der Waals surface area (Å²) in [7, 11) is 1.46. The maximum atomic E-state index is 13.1. The molecule has 0 aromatic heterocycles. The molecule has 0 spiro atoms. The highest BCUT2D eigenvalue weighted by molar-refractivity contribution is 5.95. The number of amides is 9. The number of aliphatic carboxylic acids is 1. The molecule has 0 saturated carbocycles. The van der Waals surface area contributed by atoms with Crippen molar-refractivity contribution >= 4 is 65.1 Å². The van der Waals surface area contributed by atoms with Crippen molar-refractivity contribution in [3.63, 3.8) is 0 Å². The normalized spacial score (nSPS) is 12.8. The fourth-order valence-corrected chi connectivity index (χ4v) is 4.86. The number of aliphatic hydroxyl groups excluding tert-OH is 1. The molecule has 0 radical (unpaired) electrons. The van der Waals surface area contributed by atoms with Crippen molar-refractivity contribution in [3.05, 3.63) is 0 Å². The fourth-order valence-electron chi connectivity index (χ4n) is 4.86. The highest BCUT2D eigenvalue weighted by atomic mass is 16.4. The molecule has 4 atom stereocenters. The standard InChI is InChI=1S/C34H62N14O12/c1-20(50)39-12-6-4-9-23(31(58)43-14-25(51)41-15-26(52)46-22(8-3-5-11-35)33(60)45-18-29(55)56)47-28(54)17-44-32(59)24(10-7-13-40-34(37)38-2)48-27(53)16-42-30(57)21(36)19-49/h21-24,49H,3-19,35-36H2,1-2H3,(H,39,50)(H,41,51)(H,42,57)(H,43,58)(H,44,59)(H,45,60)(H,46,52)(H,47,54)(H,48,53)(H,55,56)(H3,37,38,40)/t21-,22-,23-,24-/m0/s1. The first-order valence-electron chi connectivity index (χ1n) is 19.2. The number of hydrogen-bond donors (Lipinski definition) is 15. The lowest BCUT2D eigenvalue weighted by Crippen LogP contribution is -2.54. The van der Waals surface area contributed by atoms with E-state index in [9.17, 15) is 47.9 Å². The van der Waals surface area contributed by atoms with Crippen LogP contribution in [0.3, 0.4) is 0 Å². The SMILES string of the molecule is CN=C(N)NCCC[C@H](NC(=O)CNC(=O)[C@@H](N)CO)C(=O)NCC(=O)N[C@@H](CCCCNC(C)=O)C(=O)NCC(=O)NCC(=O)N[C@@H](CCCCN)C(=O)NCC(=O)O. The molecule has 0 aromatic carbocycles. The van der Waals surface area contributed by atoms with E-state index < -0.39 is 117 Å². The number of carbonyl (C=O) groups is 10. The lowest BCUT2D eigenvalue weighted by Gasteiger charge is -2.21. The fraction of sp³-hybridized carbons (Fsp3) is 0.676. The third kappa shape index (κ3) is 26.7. The van der Waals surface area contributed by atoms with Crippen molar-refractivity contribution in [1.29, 1.82) is 0 Å². The molecule has 60 heavy (non-hydrogen) atoms. The Morgan fingerprint density at radius 1 is 0.550 bits per heavy atom. The molecule has 0 rings (SSSR count). The van der Waals surface area contributed by atoms with Crippen LogP contribution in [-0.2, 0) is 47.9 Å². The minimum Gasteiger partial charge on any atom is -0.480 e. The lowest BCUT2D eigenvalue weighted by atomic mass is 10.1. The van der Waals surface area contributed by atoms with Crippen LogP contribution in [0.2, 0.25) is 0 Å². The Balaban J connectivity index is 5.47. The Morgan fingerprint density at radius 2 is 0.967 bits per heavy atom. The molecular weight excluding hydrogens is 796 g/mol. The minimum atomic E-state index is -1.28. The van der Waals surface area contributed by atoms with E-state index in [2.05, 4.69) is 58.2 Å². The number of nitrogens with one attached hydrogen (secondary N) is 10. The molecule has 26 heteroatoms. The number of hydrogen-bond acceptors (Lipinski definition) is 14. The van der Waals surface area contributed by atoms with Gasteiger partial charge < -0.3 is 80.6 Å². The number of carbonyl (C=O) groups excluding carboxylic acids is 9. The first-order valence-corrected chi connectivity index (χ1v) is 19.2. The topological polar surface area (TPSA) is 422 Å². The smallest absolute Gasteiger partial charge is 0.322 e. The second-order valence-corrected chi connectivity index (χ2v) is 13.1. The lowest BCUT2D eigenvalue weighted by molar-refractivity contribution is -0.138. The zero-order valence-corrected chi connectivity index (χ0v) is 34.0. The molecule has 340 valence electrons. The van der Waals surface area contributed by atoms with Gasteiger partial charge in [-0.2, -0.15) is 0 Å². The van der Waals surface area contributed by atoms with Gasteiger partial charge in [-0.3, -0.25) is 52.9 Å². The van der Waals surface area contributed by atoms with Crippen LogP contribution in [0.4, 0.5) is 0 Å². The molecule has 0 bridgehead atoms. The first kappa shape index (κ1) is 53.8. The monoisotopic (exact) mass is 858 g/mol. The van der Waals surface area contributed by atoms with Gasteiger partial charge in [-0.05, 0) is 57.9 Å². The zero-order chi connectivity index (χ0) is 45.5. The molecule has 0 fully saturated rings. The Morgan fingerprint density at radius 3 is 1.42 bits per heavy atom. The number of nitrogens with zero attached hydrogens (tertiary/aromatic N) is 1. The molecule has 0 aliphatic heterocycles. The number of aliphatic hydroxyl groups is 1. The quantitative estimate of drug-likeness (QED) is 0.0175. The van der Waals surface area contributed by atoms with Crippen LogP contribution in [0.25, 0.3) is 0 Å². The molecule has 0 aliphatic carbocycles. The largest absolute Gasteiger partial charge is 0.480 e. The summed E-state index contributed by atoms with van der Waals surface area (Å²) in [6.45, 7) is -1.55. The summed E-state index contributed by atoms with van der Waals surface area (Å²) in [6, 6.07) is -4.77. The third-order valence-electron chi connectivity index (χ3n) is 8.08. The summed E-state index contributed by atoms with van der Waals surface area (Å²) >= 11 is 0. The van der Waals surface area contributed by atoms with Gasteiger partial charge in [0.25, 0.3) is 0 Å². The van der Waals surface area contributed by atoms with Gasteiger partial charge in [0, 0.05) is 27.1 Å². The molecule has 0 aliphatic rings. The summed E-state index contributed by atoms with van der Waals surface area (Å²) in [4.78, 5) is 127. The van der Waals surface area contributed by atoms with E-state index in [0.29, 0.717) is 38.6 Å². The summed E-state index contributed by atoms with van der Waals surface area (Å²) in [6.07, 6.45) is 2.29. The number of carboxylic acid groups (broad SMARTS) is 1. The van der Waals surface area contributed by atoms with Crippen molar-refractivity contribution in [1.82, 2.24) is 53.2 Å². The van der Waals surface area contributed by atoms with Crippen molar-refractivity contribution < 1.29 is 58.2 Å². The number of nitrogens with two attached hydrogens (primary N) is 3. The Labute approximate surface area is 346 Å². The van der Waals surface area contributed by atoms with E-state index in [0.717, 1.165) is 0 Å². The summed E-state index contributed by atoms with van der Waals surface area (Å²) in [5.74, 6) is -7.69. The van der Waals surface area contributed by atoms with Crippen LogP contribution in [0.5, 0.6) is 0 Å². The highest BCUT2D eigenvalue weighted by Gasteiger charge is 2.25. The zero-order valence-electron chi connectivity index (χ0n) is 34.0. The molecule has 0 saturated heterocycles. The van der Waals surface area contributed by atoms with Crippen LogP contribution in [0, 0.1) is 0 Å². The summed E-state index contributed by atoms with van der Waals surface area (Å²) in [5, 5.41) is 42.0. The summed E-state index contributed by atoms with van der Waals surface area (Å²) in [5.41, 5.74) is 16.5. The van der Waals surface area contributed by atoms with E-state index in [4.69, 9.17) is 27.4 Å². The molecular formula is C34H62N14O12. The van der Waals surface area contributed by atoms with Gasteiger partial charge in [0.2, 0.25) is 53.2 Å². The van der Waals surface area contributed by atoms with Crippen molar-refractivity contribution in [2.45, 2.75) is 82.5 Å². The number of rotatable bonds is 31. The van der Waals surface area contributed by atoms with E-state index in [-0.39, 0.29) is 44.2 Å². The minimum absolute atomic E-state index is 0.0478. The van der Waals surface area contributed by atoms with E-state index >= 15 is 0 Å².